The Morgan fingerprint density at radius 3 is 1.15 bits per heavy atom. The van der Waals surface area contributed by atoms with Crippen molar-refractivity contribution in [2.45, 2.75) is 88.4 Å². The molecule has 0 spiro atoms. The summed E-state index contributed by atoms with van der Waals surface area (Å²) in [7, 11) is 0. The molecule has 2 atom stereocenters. The Morgan fingerprint density at radius 2 is 0.846 bits per heavy atom. The molecule has 0 aliphatic carbocycles. The van der Waals surface area contributed by atoms with Crippen molar-refractivity contribution < 1.29 is 28.7 Å². The number of aryl methyl sites for hydroxylation is 6. The van der Waals surface area contributed by atoms with Crippen molar-refractivity contribution in [3.05, 3.63) is 140 Å². The minimum Gasteiger partial charge on any atom is -0.441 e. The van der Waals surface area contributed by atoms with E-state index in [4.69, 9.17) is 4.74 Å². The molecule has 272 valence electrons. The van der Waals surface area contributed by atoms with Crippen LogP contribution in [-0.4, -0.2) is 45.6 Å². The maximum Gasteiger partial charge on any atom is 0.304 e. The molecule has 4 aromatic rings. The lowest BCUT2D eigenvalue weighted by Crippen LogP contribution is -2.45. The maximum absolute atomic E-state index is 12.9. The first-order valence-electron chi connectivity index (χ1n) is 17.7. The lowest BCUT2D eigenvalue weighted by atomic mass is 9.87. The van der Waals surface area contributed by atoms with E-state index >= 15 is 0 Å². The van der Waals surface area contributed by atoms with E-state index in [2.05, 4.69) is 85.7 Å². The number of carbonyl (C=O) groups excluding carboxylic acids is 5. The third kappa shape index (κ3) is 8.39. The van der Waals surface area contributed by atoms with Crippen molar-refractivity contribution in [2.24, 2.45) is 11.8 Å². The van der Waals surface area contributed by atoms with E-state index < -0.39 is 24.0 Å². The van der Waals surface area contributed by atoms with Crippen LogP contribution in [0, 0.1) is 53.4 Å². The van der Waals surface area contributed by atoms with Crippen LogP contribution < -0.4 is 0 Å². The number of fused-ring (bicyclic) bond motifs is 2. The number of amides is 4. The zero-order chi connectivity index (χ0) is 38.6. The maximum atomic E-state index is 12.9. The Bertz CT molecular complexity index is 1880. The number of ether oxygens (including phenoxy) is 1. The molecule has 0 fully saturated rings. The fourth-order valence-electron chi connectivity index (χ4n) is 7.18. The molecule has 2 heterocycles. The van der Waals surface area contributed by atoms with E-state index in [1.54, 1.807) is 62.4 Å². The highest BCUT2D eigenvalue weighted by Gasteiger charge is 2.43. The lowest BCUT2D eigenvalue weighted by Gasteiger charge is -2.32. The predicted molar refractivity (Wildman–Crippen MR) is 203 cm³/mol. The Kier molecular flexibility index (Phi) is 12.4. The van der Waals surface area contributed by atoms with Gasteiger partial charge in [0.2, 0.25) is 0 Å². The molecule has 52 heavy (non-hydrogen) atoms. The molecule has 2 unspecified atom stereocenters. The quantitative estimate of drug-likeness (QED) is 0.147. The van der Waals surface area contributed by atoms with Gasteiger partial charge in [0.15, 0.2) is 6.23 Å². The fraction of sp³-hybridized carbons (Fsp3) is 0.341. The van der Waals surface area contributed by atoms with Gasteiger partial charge in [0.25, 0.3) is 23.6 Å². The van der Waals surface area contributed by atoms with Gasteiger partial charge in [0.1, 0.15) is 0 Å². The van der Waals surface area contributed by atoms with Crippen molar-refractivity contribution in [3.8, 4) is 0 Å². The van der Waals surface area contributed by atoms with Gasteiger partial charge in [-0.3, -0.25) is 28.9 Å². The van der Waals surface area contributed by atoms with Gasteiger partial charge in [0.05, 0.1) is 28.3 Å². The first kappa shape index (κ1) is 39.4. The van der Waals surface area contributed by atoms with Crippen molar-refractivity contribution in [1.29, 1.82) is 0 Å². The predicted octanol–water partition coefficient (Wildman–Crippen LogP) is 9.04. The lowest BCUT2D eigenvalue weighted by molar-refractivity contribution is -0.155. The Hall–Kier alpha value is -5.37. The van der Waals surface area contributed by atoms with E-state index in [0.29, 0.717) is 22.3 Å². The number of rotatable bonds is 6. The first-order chi connectivity index (χ1) is 24.4. The zero-order valence-electron chi connectivity index (χ0n) is 32.2. The fourth-order valence-corrected chi connectivity index (χ4v) is 7.18. The largest absolute Gasteiger partial charge is 0.441 e. The van der Waals surface area contributed by atoms with Gasteiger partial charge in [-0.1, -0.05) is 105 Å². The molecule has 8 nitrogen and oxygen atoms in total. The van der Waals surface area contributed by atoms with Gasteiger partial charge in [0, 0.05) is 12.8 Å². The first-order valence-corrected chi connectivity index (χ1v) is 17.7. The van der Waals surface area contributed by atoms with Crippen molar-refractivity contribution in [2.75, 3.05) is 0 Å². The Balaban J connectivity index is 0.000000192. The smallest absolute Gasteiger partial charge is 0.304 e. The average Bonchev–Trinajstić information content (AvgIpc) is 3.45. The monoisotopic (exact) mass is 702 g/mol. The summed E-state index contributed by atoms with van der Waals surface area (Å²) in [5.74, 6) is -1.77. The second-order valence-electron chi connectivity index (χ2n) is 14.5. The molecule has 4 aromatic carbocycles. The highest BCUT2D eigenvalue weighted by molar-refractivity contribution is 6.22. The van der Waals surface area contributed by atoms with Gasteiger partial charge in [-0.2, -0.15) is 0 Å². The van der Waals surface area contributed by atoms with E-state index in [0.717, 1.165) is 21.6 Å². The minimum atomic E-state index is -0.870. The van der Waals surface area contributed by atoms with Crippen LogP contribution in [-0.2, 0) is 9.53 Å². The van der Waals surface area contributed by atoms with E-state index in [1.807, 2.05) is 0 Å². The molecule has 0 radical (unpaired) electrons. The molecule has 2 aliphatic heterocycles. The van der Waals surface area contributed by atoms with Gasteiger partial charge < -0.3 is 4.74 Å². The molecule has 4 amide bonds. The second kappa shape index (κ2) is 16.3. The minimum absolute atomic E-state index is 0.132. The molecule has 0 saturated carbocycles. The molecular weight excluding hydrogens is 652 g/mol. The zero-order valence-corrected chi connectivity index (χ0v) is 32.2. The summed E-state index contributed by atoms with van der Waals surface area (Å²) in [5, 5.41) is 0. The SMILES string of the molecule is CC(=O)OC(C(C)C)N1C(=O)c2ccccc2C1=O.Cc1cc(C)c(C(C(C)C)N2C(=O)c3ccccc3C2=O)c(C)c1.Cc1cc(C)cc(C)c1. The number of hydrogen-bond acceptors (Lipinski definition) is 6. The summed E-state index contributed by atoms with van der Waals surface area (Å²) in [6.07, 6.45) is -0.870. The van der Waals surface area contributed by atoms with Crippen LogP contribution >= 0.6 is 0 Å². The molecule has 0 saturated heterocycles. The van der Waals surface area contributed by atoms with E-state index in [1.165, 1.54) is 34.1 Å². The topological polar surface area (TPSA) is 101 Å². The summed E-state index contributed by atoms with van der Waals surface area (Å²) in [6, 6.07) is 24.2. The summed E-state index contributed by atoms with van der Waals surface area (Å²) in [4.78, 5) is 64.0. The van der Waals surface area contributed by atoms with Crippen molar-refractivity contribution in [3.63, 3.8) is 0 Å². The molecule has 6 rings (SSSR count). The summed E-state index contributed by atoms with van der Waals surface area (Å²) >= 11 is 0. The molecule has 2 aliphatic rings. The summed E-state index contributed by atoms with van der Waals surface area (Å²) in [6.45, 7) is 21.5. The van der Waals surface area contributed by atoms with Crippen LogP contribution in [0.25, 0.3) is 0 Å². The van der Waals surface area contributed by atoms with Crippen LogP contribution in [0.5, 0.6) is 0 Å². The average molecular weight is 703 g/mol. The summed E-state index contributed by atoms with van der Waals surface area (Å²) < 4.78 is 5.11. The number of nitrogens with zero attached hydrogens (tertiary/aromatic N) is 2. The molecule has 0 bridgehead atoms. The molecule has 8 heteroatoms. The number of imide groups is 2. The van der Waals surface area contributed by atoms with Crippen LogP contribution in [0.3, 0.4) is 0 Å². The number of benzene rings is 4. The van der Waals surface area contributed by atoms with Gasteiger partial charge in [-0.15, -0.1) is 0 Å². The van der Waals surface area contributed by atoms with Crippen LogP contribution in [0.1, 0.15) is 121 Å². The highest BCUT2D eigenvalue weighted by Crippen LogP contribution is 2.39. The molecule has 0 aromatic heterocycles. The van der Waals surface area contributed by atoms with Crippen LogP contribution in [0.15, 0.2) is 78.9 Å². The van der Waals surface area contributed by atoms with E-state index in [9.17, 15) is 24.0 Å². The third-order valence-electron chi connectivity index (χ3n) is 9.07. The van der Waals surface area contributed by atoms with E-state index in [-0.39, 0.29) is 29.7 Å². The molecular formula is C44H50N2O6. The third-order valence-corrected chi connectivity index (χ3v) is 9.07. The standard InChI is InChI=1S/C21H23NO2.C14H15NO4.C9H12/c1-12(2)19(18-14(4)10-13(3)11-15(18)5)22-20(23)16-8-6-7-9-17(16)21(22)24;1-8(2)14(19-9(3)16)15-12(17)10-6-4-5-7-11(10)13(15)18;1-7-4-8(2)6-9(3)5-7/h6-12,19H,1-5H3;4-8,14H,1-3H3;4-6H,1-3H3. The number of esters is 1. The Morgan fingerprint density at radius 1 is 0.519 bits per heavy atom. The van der Waals surface area contributed by atoms with Crippen LogP contribution in [0.4, 0.5) is 0 Å². The van der Waals surface area contributed by atoms with Gasteiger partial charge >= 0.3 is 5.97 Å². The number of carbonyl (C=O) groups is 5. The second-order valence-corrected chi connectivity index (χ2v) is 14.5. The van der Waals surface area contributed by atoms with Crippen molar-refractivity contribution in [1.82, 2.24) is 9.80 Å². The highest BCUT2D eigenvalue weighted by atomic mass is 16.6. The Labute approximate surface area is 307 Å². The van der Waals surface area contributed by atoms with Crippen molar-refractivity contribution >= 4 is 29.6 Å². The normalized spacial score (nSPS) is 14.4. The molecule has 0 N–H and O–H groups in total. The number of hydrogen-bond donors (Lipinski definition) is 0. The van der Waals surface area contributed by atoms with Crippen LogP contribution in [0.2, 0.25) is 0 Å². The summed E-state index contributed by atoms with van der Waals surface area (Å²) in [5.41, 5.74) is 10.3. The van der Waals surface area contributed by atoms with Gasteiger partial charge in [-0.05, 0) is 88.4 Å². The van der Waals surface area contributed by atoms with Gasteiger partial charge in [-0.25, -0.2) is 4.90 Å².